The molecule has 0 spiro atoms. The lowest BCUT2D eigenvalue weighted by Crippen LogP contribution is -2.36. The Morgan fingerprint density at radius 2 is 0.735 bits per heavy atom. The highest BCUT2D eigenvalue weighted by molar-refractivity contribution is 6.23. The highest BCUT2D eigenvalue weighted by Gasteiger charge is 2.49. The van der Waals surface area contributed by atoms with Crippen LogP contribution in [-0.2, 0) is 130 Å². The number of rotatable bonds is 22. The smallest absolute Gasteiger partial charge is 0.416 e. The van der Waals surface area contributed by atoms with Gasteiger partial charge in [-0.05, 0) is 192 Å². The van der Waals surface area contributed by atoms with Crippen LogP contribution in [0.4, 0.5) is 79.0 Å². The minimum Gasteiger partial charge on any atom is -0.481 e. The number of ether oxygens (including phenoxy) is 4. The lowest BCUT2D eigenvalue weighted by molar-refractivity contribution is -0.167. The number of carbonyl (C=O) groups is 10. The summed E-state index contributed by atoms with van der Waals surface area (Å²) >= 11 is 0. The van der Waals surface area contributed by atoms with Gasteiger partial charge in [0.2, 0.25) is 0 Å². The van der Waals surface area contributed by atoms with E-state index in [1.165, 1.54) is 78.9 Å². The number of unbranched alkanes of at least 4 members (excludes halogenated alkanes) is 1. The van der Waals surface area contributed by atoms with Crippen molar-refractivity contribution in [2.45, 2.75) is 188 Å². The van der Waals surface area contributed by atoms with Crippen LogP contribution < -0.4 is 0 Å². The number of aliphatic hydroxyl groups excluding tert-OH is 1. The standard InChI is InChI=1S/C29H25F3O5.C17H16O4.C14H15F3O3.3C12H9F3O.C9H5F3.C3H4O.4CH4.CH3/c30-29(31,32)22-13-11-21(12-14-22)25-23(15-16-24(25)33)26(27(34)36-17-19-7-3-1-4-8-19)28(35)37-18-20-9-5-2-6-10-20;18-16(20-12-14-7-3-1-4-8-14)11-17(19)21-13-15-9-5-2-6-10-15;15-14(16,17)10-4-1-8(2-5-10)13-9(7-12(19)20)3-6-11(13)18;2*13-12(14,15)9-6-4-8(5-7-9)10-2-1-3-11(10)16;13-12(14,15)11-7-5-10(6-8-11)4-2-1-3-9-16;1-2-7-3-5-8(6-4-7)9(10,11)12;1-2-3-4;;;;;/h1-14,23,25-26H,15-18H2;1-10H,11-13H2;1-2,4-5,9,11,13,18H,3,6-7H2,(H,19,20);2*2,4-7H,1,3H2;5-9H,1,3H2;1,3-6H;2-3H,1H2;4*1H4;1H3/q;;;;;;;;;;;;-1. The summed E-state index contributed by atoms with van der Waals surface area (Å²) < 4.78 is 244. The van der Waals surface area contributed by atoms with E-state index in [1.54, 1.807) is 60.7 Å². The van der Waals surface area contributed by atoms with Gasteiger partial charge in [-0.1, -0.05) is 236 Å². The summed E-state index contributed by atoms with van der Waals surface area (Å²) in [4.78, 5) is 115. The minimum atomic E-state index is -4.53. The molecule has 0 bridgehead atoms. The average Bonchev–Trinajstić information content (AvgIpc) is 1.65. The van der Waals surface area contributed by atoms with Crippen molar-refractivity contribution in [3.8, 4) is 24.2 Å². The van der Waals surface area contributed by atoms with Crippen LogP contribution in [0.5, 0.6) is 0 Å². The molecule has 147 heavy (non-hydrogen) atoms. The van der Waals surface area contributed by atoms with E-state index in [9.17, 15) is 127 Å². The summed E-state index contributed by atoms with van der Waals surface area (Å²) in [6.07, 6.45) is -11.9. The highest BCUT2D eigenvalue weighted by atomic mass is 19.4. The number of alkyl halides is 18. The number of esters is 4. The summed E-state index contributed by atoms with van der Waals surface area (Å²) in [7, 11) is 0. The molecule has 4 aliphatic carbocycles. The third-order valence-electron chi connectivity index (χ3n) is 21.5. The molecule has 2 saturated carbocycles. The van der Waals surface area contributed by atoms with Gasteiger partial charge in [-0.15, -0.1) is 6.42 Å². The van der Waals surface area contributed by atoms with Crippen LogP contribution in [0.25, 0.3) is 11.1 Å². The molecule has 14 rings (SSSR count). The number of aliphatic hydroxyl groups is 1. The highest BCUT2D eigenvalue weighted by Crippen LogP contribution is 2.46. The van der Waals surface area contributed by atoms with Crippen LogP contribution in [0.15, 0.2) is 292 Å². The fraction of sp³-hybridized carbons (Fsp3) is 0.283. The van der Waals surface area contributed by atoms with E-state index in [0.29, 0.717) is 113 Å². The first-order valence-corrected chi connectivity index (χ1v) is 43.4. The van der Waals surface area contributed by atoms with Crippen LogP contribution in [-0.4, -0.2) is 76.1 Å². The summed E-state index contributed by atoms with van der Waals surface area (Å²) in [5.74, 6) is -0.226. The molecular weight excluding hydrogens is 1960 g/mol. The van der Waals surface area contributed by atoms with Crippen molar-refractivity contribution >= 4 is 70.9 Å². The van der Waals surface area contributed by atoms with Crippen molar-refractivity contribution in [3.63, 3.8) is 0 Å². The molecule has 0 aromatic heterocycles. The Balaban J connectivity index is 0.000000590. The molecule has 0 saturated heterocycles. The maximum atomic E-state index is 13.2. The summed E-state index contributed by atoms with van der Waals surface area (Å²) in [5, 5.41) is 18.8. The number of aliphatic carboxylic acids is 1. The van der Waals surface area contributed by atoms with Gasteiger partial charge in [-0.25, -0.2) is 0 Å². The van der Waals surface area contributed by atoms with Crippen LogP contribution in [0.1, 0.15) is 208 Å². The number of allylic oxidation sites excluding steroid dienone is 5. The van der Waals surface area contributed by atoms with Crippen molar-refractivity contribution in [1.82, 2.24) is 0 Å². The van der Waals surface area contributed by atoms with E-state index in [2.05, 4.69) is 24.3 Å². The first-order chi connectivity index (χ1) is 67.2. The van der Waals surface area contributed by atoms with Crippen molar-refractivity contribution in [2.24, 2.45) is 17.8 Å². The minimum absolute atomic E-state index is 0. The number of hydrogen-bond donors (Lipinski definition) is 2. The summed E-state index contributed by atoms with van der Waals surface area (Å²) in [6.45, 7) is 3.28. The van der Waals surface area contributed by atoms with Crippen LogP contribution >= 0.6 is 0 Å². The Labute approximate surface area is 841 Å². The number of benzene rings is 10. The number of carboxylic acid groups (broad SMARTS) is 1. The second kappa shape index (κ2) is 61.9. The van der Waals surface area contributed by atoms with Gasteiger partial charge in [0.1, 0.15) is 51.2 Å². The van der Waals surface area contributed by atoms with Gasteiger partial charge >= 0.3 is 66.9 Å². The van der Waals surface area contributed by atoms with E-state index in [4.69, 9.17) is 35.3 Å². The van der Waals surface area contributed by atoms with Gasteiger partial charge < -0.3 is 41.4 Å². The van der Waals surface area contributed by atoms with Gasteiger partial charge in [-0.3, -0.25) is 43.2 Å². The van der Waals surface area contributed by atoms with E-state index in [1.807, 2.05) is 72.8 Å². The zero-order valence-corrected chi connectivity index (χ0v) is 76.3. The average molecular weight is 2070 g/mol. The second-order valence-electron chi connectivity index (χ2n) is 31.5. The number of hydrogen-bond acceptors (Lipinski definition) is 15. The lowest BCUT2D eigenvalue weighted by atomic mass is 9.79. The second-order valence-corrected chi connectivity index (χ2v) is 31.5. The molecular formula is C113H111F18O16-. The van der Waals surface area contributed by atoms with Gasteiger partial charge in [0.05, 0.1) is 39.5 Å². The SMILES string of the molecule is C.C.C.C.C#Cc1ccc(C(F)(F)F)cc1.C=CC=O.O=C(CC(=O)OCc1ccccc1)OCc1ccccc1.O=C(O)CC1CCC(O)C1c1ccc(C(F)(F)F)cc1.O=C(OCc1ccccc1)C(C(=O)OCc1ccccc1)C1CCC(=O)C1c1ccc(C(F)(F)F)cc1.O=C1CCC=C1c1ccc(C(F)(F)F)cc1.O=C1CCC=C1c1ccc(C(F)(F)F)cc1.O=CCCC#Cc1ccc(C(F)(F)F)cc1.[CH3-]. The number of halogens is 18. The van der Waals surface area contributed by atoms with E-state index in [-0.39, 0.29) is 113 Å². The van der Waals surface area contributed by atoms with Crippen molar-refractivity contribution in [1.29, 1.82) is 0 Å². The largest absolute Gasteiger partial charge is 0.481 e. The monoisotopic (exact) mass is 2070 g/mol. The topological polar surface area (TPSA) is 248 Å². The number of carboxylic acids is 1. The summed E-state index contributed by atoms with van der Waals surface area (Å²) in [5.41, 5.74) is 2.89. The predicted octanol–water partition coefficient (Wildman–Crippen LogP) is 27.8. The summed E-state index contributed by atoms with van der Waals surface area (Å²) in [6, 6.07) is 63.7. The maximum absolute atomic E-state index is 13.2. The Morgan fingerprint density at radius 1 is 0.422 bits per heavy atom. The molecule has 0 amide bonds. The van der Waals surface area contributed by atoms with Crippen molar-refractivity contribution in [3.05, 3.63) is 388 Å². The Morgan fingerprint density at radius 3 is 1.03 bits per heavy atom. The quantitative estimate of drug-likeness (QED) is 0.00737. The first-order valence-electron chi connectivity index (χ1n) is 43.4. The van der Waals surface area contributed by atoms with Gasteiger partial charge in [0.15, 0.2) is 17.5 Å². The molecule has 10 aromatic rings. The van der Waals surface area contributed by atoms with Gasteiger partial charge in [0, 0.05) is 72.6 Å². The molecule has 5 unspecified atom stereocenters. The first kappa shape index (κ1) is 128. The number of Topliss-reactive ketones (excluding diaryl/α,β-unsaturated/α-hetero) is 3. The van der Waals surface area contributed by atoms with Crippen LogP contribution in [0.3, 0.4) is 0 Å². The number of ketones is 3. The molecule has 0 heterocycles. The Kier molecular flexibility index (Phi) is 53.9. The van der Waals surface area contributed by atoms with Crippen molar-refractivity contribution < 1.29 is 156 Å². The van der Waals surface area contributed by atoms with E-state index < -0.39 is 130 Å². The Bertz CT molecular complexity index is 5760. The number of aldehydes is 2. The molecule has 16 nitrogen and oxygen atoms in total. The molecule has 10 aromatic carbocycles. The van der Waals surface area contributed by atoms with Gasteiger partial charge in [0.25, 0.3) is 0 Å². The molecule has 4 aliphatic rings. The molecule has 2 fully saturated rings. The van der Waals surface area contributed by atoms with E-state index >= 15 is 0 Å². The molecule has 34 heteroatoms. The fourth-order valence-corrected chi connectivity index (χ4v) is 14.4. The molecule has 5 atom stereocenters. The maximum Gasteiger partial charge on any atom is 0.416 e. The Hall–Kier alpha value is -15.1. The molecule has 786 valence electrons. The molecule has 0 radical (unpaired) electrons. The third-order valence-corrected chi connectivity index (χ3v) is 21.5. The fourth-order valence-electron chi connectivity index (χ4n) is 14.4. The zero-order chi connectivity index (χ0) is 104. The van der Waals surface area contributed by atoms with Gasteiger partial charge in [-0.2, -0.15) is 79.0 Å². The molecule has 0 aliphatic heterocycles. The number of terminal acetylenes is 1. The molecule has 2 N–H and O–H groups in total. The van der Waals surface area contributed by atoms with Crippen molar-refractivity contribution in [2.75, 3.05) is 0 Å². The third kappa shape index (κ3) is 43.4. The number of carbonyl (C=O) groups excluding carboxylic acids is 9. The zero-order valence-electron chi connectivity index (χ0n) is 76.3. The van der Waals surface area contributed by atoms with E-state index in [0.717, 1.165) is 90.2 Å². The van der Waals surface area contributed by atoms with Crippen LogP contribution in [0, 0.1) is 49.4 Å². The normalized spacial score (nSPS) is 15.2. The lowest BCUT2D eigenvalue weighted by Gasteiger charge is -2.26. The van der Waals surface area contributed by atoms with Crippen LogP contribution in [0.2, 0.25) is 0 Å². The predicted molar refractivity (Wildman–Crippen MR) is 520 cm³/mol.